The highest BCUT2D eigenvalue weighted by atomic mass is 16.3. The van der Waals surface area contributed by atoms with Gasteiger partial charge in [0.05, 0.1) is 0 Å². The van der Waals surface area contributed by atoms with Crippen LogP contribution in [0.1, 0.15) is 44.2 Å². The smallest absolute Gasteiger partial charge is 0.127 e. The molecular formula is C18H25NO. The quantitative estimate of drug-likeness (QED) is 0.770. The summed E-state index contributed by atoms with van der Waals surface area (Å²) >= 11 is 0. The fourth-order valence-electron chi connectivity index (χ4n) is 3.29. The first kappa shape index (κ1) is 15.1. The fraction of sp³-hybridized carbons (Fsp3) is 0.556. The van der Waals surface area contributed by atoms with Gasteiger partial charge in [0.15, 0.2) is 0 Å². The van der Waals surface area contributed by atoms with Crippen LogP contribution in [0.25, 0.3) is 0 Å². The monoisotopic (exact) mass is 271 g/mol. The number of hydrogen-bond donors (Lipinski definition) is 2. The first-order chi connectivity index (χ1) is 9.32. The van der Waals surface area contributed by atoms with Gasteiger partial charge in [-0.3, -0.25) is 0 Å². The van der Waals surface area contributed by atoms with Crippen LogP contribution in [0, 0.1) is 24.2 Å². The fourth-order valence-corrected chi connectivity index (χ4v) is 3.29. The molecule has 1 aliphatic carbocycles. The van der Waals surface area contributed by atoms with Gasteiger partial charge in [-0.25, -0.2) is 0 Å². The molecule has 1 saturated carbocycles. The van der Waals surface area contributed by atoms with Crippen molar-refractivity contribution in [3.05, 3.63) is 35.4 Å². The van der Waals surface area contributed by atoms with Gasteiger partial charge in [-0.2, -0.15) is 0 Å². The molecule has 0 heterocycles. The van der Waals surface area contributed by atoms with Crippen LogP contribution in [0.3, 0.4) is 0 Å². The van der Waals surface area contributed by atoms with E-state index >= 15 is 0 Å². The lowest BCUT2D eigenvalue weighted by Gasteiger charge is -2.43. The summed E-state index contributed by atoms with van der Waals surface area (Å²) in [4.78, 5) is 0. The predicted molar refractivity (Wildman–Crippen MR) is 83.5 cm³/mol. The highest BCUT2D eigenvalue weighted by molar-refractivity contribution is 5.38. The molecule has 20 heavy (non-hydrogen) atoms. The number of hydrogen-bond acceptors (Lipinski definition) is 2. The molecule has 2 atom stereocenters. The number of benzene rings is 1. The summed E-state index contributed by atoms with van der Waals surface area (Å²) in [5.74, 6) is 6.28. The Labute approximate surface area is 122 Å². The molecule has 2 heteroatoms. The van der Waals surface area contributed by atoms with Crippen molar-refractivity contribution >= 4 is 0 Å². The lowest BCUT2D eigenvalue weighted by Crippen LogP contribution is -2.48. The minimum atomic E-state index is -0.890. The zero-order chi connectivity index (χ0) is 14.8. The number of rotatable bonds is 1. The summed E-state index contributed by atoms with van der Waals surface area (Å²) in [6, 6.07) is 8.44. The van der Waals surface area contributed by atoms with Crippen LogP contribution >= 0.6 is 0 Å². The first-order valence-electron chi connectivity index (χ1n) is 7.31. The van der Waals surface area contributed by atoms with Gasteiger partial charge >= 0.3 is 0 Å². The van der Waals surface area contributed by atoms with Crippen molar-refractivity contribution in [2.24, 2.45) is 5.41 Å². The van der Waals surface area contributed by atoms with Gasteiger partial charge < -0.3 is 10.4 Å². The molecule has 1 aromatic rings. The van der Waals surface area contributed by atoms with E-state index in [0.29, 0.717) is 12.5 Å². The van der Waals surface area contributed by atoms with Crippen LogP contribution in [-0.4, -0.2) is 23.8 Å². The van der Waals surface area contributed by atoms with E-state index in [2.05, 4.69) is 50.1 Å². The third-order valence-corrected chi connectivity index (χ3v) is 4.02. The predicted octanol–water partition coefficient (Wildman–Crippen LogP) is 2.88. The van der Waals surface area contributed by atoms with Crippen LogP contribution in [0.4, 0.5) is 0 Å². The van der Waals surface area contributed by atoms with Crippen molar-refractivity contribution in [3.63, 3.8) is 0 Å². The van der Waals surface area contributed by atoms with Gasteiger partial charge in [-0.15, -0.1) is 0 Å². The van der Waals surface area contributed by atoms with E-state index in [4.69, 9.17) is 0 Å². The molecule has 2 N–H and O–H groups in total. The summed E-state index contributed by atoms with van der Waals surface area (Å²) in [5.41, 5.74) is 1.39. The van der Waals surface area contributed by atoms with Crippen molar-refractivity contribution < 1.29 is 5.11 Å². The highest BCUT2D eigenvalue weighted by Crippen LogP contribution is 2.40. The standard InChI is InChI=1S/C18H25NO/c1-14-6-5-7-15(10-14)8-9-18(20)12-16(19-4)11-17(2,3)13-18/h5-7,10,16,19-20H,11-13H2,1-4H3. The normalized spacial score (nSPS) is 28.6. The lowest BCUT2D eigenvalue weighted by atomic mass is 9.68. The van der Waals surface area contributed by atoms with Gasteiger partial charge in [0.2, 0.25) is 0 Å². The summed E-state index contributed by atoms with van der Waals surface area (Å²) in [5, 5.41) is 14.1. The molecule has 0 aromatic heterocycles. The van der Waals surface area contributed by atoms with Crippen LogP contribution in [0.5, 0.6) is 0 Å². The van der Waals surface area contributed by atoms with Crippen LogP contribution in [0.2, 0.25) is 0 Å². The molecule has 1 aromatic carbocycles. The molecule has 0 aliphatic heterocycles. The van der Waals surface area contributed by atoms with Crippen molar-refractivity contribution in [3.8, 4) is 11.8 Å². The van der Waals surface area contributed by atoms with E-state index in [1.165, 1.54) is 5.56 Å². The molecule has 0 bridgehead atoms. The molecule has 0 radical (unpaired) electrons. The second kappa shape index (κ2) is 5.60. The summed E-state index contributed by atoms with van der Waals surface area (Å²) in [7, 11) is 1.96. The number of aryl methyl sites for hydroxylation is 1. The first-order valence-corrected chi connectivity index (χ1v) is 7.31. The Morgan fingerprint density at radius 3 is 2.70 bits per heavy atom. The molecule has 108 valence electrons. The summed E-state index contributed by atoms with van der Waals surface area (Å²) in [6.45, 7) is 6.46. The Morgan fingerprint density at radius 2 is 2.05 bits per heavy atom. The third kappa shape index (κ3) is 3.85. The van der Waals surface area contributed by atoms with Crippen LogP contribution in [0.15, 0.2) is 24.3 Å². The van der Waals surface area contributed by atoms with E-state index in [9.17, 15) is 5.11 Å². The third-order valence-electron chi connectivity index (χ3n) is 4.02. The molecule has 2 unspecified atom stereocenters. The largest absolute Gasteiger partial charge is 0.378 e. The van der Waals surface area contributed by atoms with E-state index < -0.39 is 5.60 Å². The molecule has 1 fully saturated rings. The maximum Gasteiger partial charge on any atom is 0.127 e. The summed E-state index contributed by atoms with van der Waals surface area (Å²) in [6.07, 6.45) is 2.51. The Kier molecular flexibility index (Phi) is 4.22. The maximum atomic E-state index is 10.8. The van der Waals surface area contributed by atoms with Crippen LogP contribution in [-0.2, 0) is 0 Å². The average Bonchev–Trinajstić information content (AvgIpc) is 2.34. The van der Waals surface area contributed by atoms with E-state index in [-0.39, 0.29) is 5.41 Å². The molecule has 2 nitrogen and oxygen atoms in total. The molecule has 0 saturated heterocycles. The molecular weight excluding hydrogens is 246 g/mol. The zero-order valence-corrected chi connectivity index (χ0v) is 13.0. The average molecular weight is 271 g/mol. The van der Waals surface area contributed by atoms with Gasteiger partial charge in [-0.05, 0) is 49.9 Å². The van der Waals surface area contributed by atoms with Gasteiger partial charge in [0, 0.05) is 18.0 Å². The topological polar surface area (TPSA) is 32.3 Å². The number of nitrogens with one attached hydrogen (secondary N) is 1. The van der Waals surface area contributed by atoms with E-state index in [0.717, 1.165) is 18.4 Å². The SMILES string of the molecule is CNC1CC(C)(C)CC(O)(C#Cc2cccc(C)c2)C1. The number of aliphatic hydroxyl groups is 1. The minimum Gasteiger partial charge on any atom is -0.378 e. The van der Waals surface area contributed by atoms with Gasteiger partial charge in [-0.1, -0.05) is 37.8 Å². The molecule has 0 amide bonds. The van der Waals surface area contributed by atoms with E-state index in [1.807, 2.05) is 19.2 Å². The zero-order valence-electron chi connectivity index (χ0n) is 13.0. The van der Waals surface area contributed by atoms with Gasteiger partial charge in [0.1, 0.15) is 5.60 Å². The Bertz CT molecular complexity index is 538. The van der Waals surface area contributed by atoms with Gasteiger partial charge in [0.25, 0.3) is 0 Å². The molecule has 0 spiro atoms. The second-order valence-electron chi connectivity index (χ2n) is 6.89. The summed E-state index contributed by atoms with van der Waals surface area (Å²) < 4.78 is 0. The van der Waals surface area contributed by atoms with Crippen LogP contribution < -0.4 is 5.32 Å². The molecule has 2 rings (SSSR count). The maximum absolute atomic E-state index is 10.8. The van der Waals surface area contributed by atoms with Crippen molar-refractivity contribution in [2.75, 3.05) is 7.05 Å². The Balaban J connectivity index is 2.22. The Hall–Kier alpha value is -1.30. The van der Waals surface area contributed by atoms with Crippen molar-refractivity contribution in [1.29, 1.82) is 0 Å². The second-order valence-corrected chi connectivity index (χ2v) is 6.89. The lowest BCUT2D eigenvalue weighted by molar-refractivity contribution is -0.00494. The minimum absolute atomic E-state index is 0.113. The Morgan fingerprint density at radius 1 is 1.30 bits per heavy atom. The molecule has 1 aliphatic rings. The van der Waals surface area contributed by atoms with Crippen molar-refractivity contribution in [2.45, 2.75) is 51.7 Å². The van der Waals surface area contributed by atoms with E-state index in [1.54, 1.807) is 0 Å². The highest BCUT2D eigenvalue weighted by Gasteiger charge is 2.41. The van der Waals surface area contributed by atoms with Crippen molar-refractivity contribution in [1.82, 2.24) is 5.32 Å².